The van der Waals surface area contributed by atoms with Crippen LogP contribution in [0.2, 0.25) is 0 Å². The lowest BCUT2D eigenvalue weighted by Crippen LogP contribution is -2.07. The van der Waals surface area contributed by atoms with E-state index in [1.165, 1.54) is 11.4 Å². The summed E-state index contributed by atoms with van der Waals surface area (Å²) >= 11 is 0. The largest absolute Gasteiger partial charge is 0.497 e. The number of nitrogens with zero attached hydrogens (tertiary/aromatic N) is 4. The standard InChI is InChI=1S/C26H25N5O/c1-17-9-10-18(2)30(17)21-15-25(28-20-11-13-22(32-4)14-12-20)29-26(16-21)31-19(3)27-23-7-5-6-8-24(23)31/h5-16H,1-4H3,(H,28,29). The van der Waals surface area contributed by atoms with E-state index < -0.39 is 0 Å². The van der Waals surface area contributed by atoms with Gasteiger partial charge in [-0.15, -0.1) is 0 Å². The second kappa shape index (κ2) is 7.89. The second-order valence-electron chi connectivity index (χ2n) is 7.86. The molecule has 0 fully saturated rings. The van der Waals surface area contributed by atoms with E-state index in [1.54, 1.807) is 7.11 Å². The van der Waals surface area contributed by atoms with E-state index in [-0.39, 0.29) is 0 Å². The Morgan fingerprint density at radius 2 is 1.50 bits per heavy atom. The minimum atomic E-state index is 0.757. The van der Waals surface area contributed by atoms with E-state index in [9.17, 15) is 0 Å². The number of benzene rings is 2. The van der Waals surface area contributed by atoms with Gasteiger partial charge in [-0.25, -0.2) is 9.97 Å². The van der Waals surface area contributed by atoms with Gasteiger partial charge in [0.15, 0.2) is 0 Å². The zero-order valence-electron chi connectivity index (χ0n) is 18.6. The number of hydrogen-bond donors (Lipinski definition) is 1. The number of nitrogens with one attached hydrogen (secondary N) is 1. The number of aryl methyl sites for hydroxylation is 3. The molecule has 0 aliphatic carbocycles. The molecule has 32 heavy (non-hydrogen) atoms. The predicted octanol–water partition coefficient (Wildman–Crippen LogP) is 5.89. The summed E-state index contributed by atoms with van der Waals surface area (Å²) in [7, 11) is 1.67. The molecule has 0 aliphatic heterocycles. The third kappa shape index (κ3) is 3.50. The van der Waals surface area contributed by atoms with E-state index in [0.29, 0.717) is 0 Å². The lowest BCUT2D eigenvalue weighted by molar-refractivity contribution is 0.415. The molecule has 0 saturated heterocycles. The zero-order valence-corrected chi connectivity index (χ0v) is 18.6. The summed E-state index contributed by atoms with van der Waals surface area (Å²) in [5.74, 6) is 3.29. The number of anilines is 2. The van der Waals surface area contributed by atoms with Crippen LogP contribution in [0.15, 0.2) is 72.8 Å². The molecule has 0 spiro atoms. The van der Waals surface area contributed by atoms with E-state index in [2.05, 4.69) is 58.6 Å². The normalized spacial score (nSPS) is 11.1. The second-order valence-corrected chi connectivity index (χ2v) is 7.86. The number of ether oxygens (including phenoxy) is 1. The fourth-order valence-electron chi connectivity index (χ4n) is 4.14. The van der Waals surface area contributed by atoms with Crippen LogP contribution in [0.5, 0.6) is 5.75 Å². The molecule has 3 aromatic heterocycles. The molecule has 6 nitrogen and oxygen atoms in total. The minimum absolute atomic E-state index is 0.757. The van der Waals surface area contributed by atoms with Crippen LogP contribution >= 0.6 is 0 Å². The Morgan fingerprint density at radius 3 is 2.22 bits per heavy atom. The molecule has 3 heterocycles. The predicted molar refractivity (Wildman–Crippen MR) is 129 cm³/mol. The Morgan fingerprint density at radius 1 is 0.781 bits per heavy atom. The highest BCUT2D eigenvalue weighted by atomic mass is 16.5. The molecular formula is C26H25N5O. The van der Waals surface area contributed by atoms with Crippen LogP contribution in [0.1, 0.15) is 17.2 Å². The molecule has 160 valence electrons. The molecule has 5 aromatic rings. The van der Waals surface area contributed by atoms with Crippen LogP contribution in [0.25, 0.3) is 22.5 Å². The molecule has 0 amide bonds. The number of aromatic nitrogens is 4. The van der Waals surface area contributed by atoms with Gasteiger partial charge in [-0.05, 0) is 69.3 Å². The molecule has 0 bridgehead atoms. The average Bonchev–Trinajstić information content (AvgIpc) is 3.31. The number of imidazole rings is 1. The first kappa shape index (κ1) is 19.9. The highest BCUT2D eigenvalue weighted by Gasteiger charge is 2.14. The first-order valence-corrected chi connectivity index (χ1v) is 10.6. The van der Waals surface area contributed by atoms with Crippen LogP contribution in [0, 0.1) is 20.8 Å². The number of hydrogen-bond acceptors (Lipinski definition) is 4. The Kier molecular flexibility index (Phi) is 4.90. The van der Waals surface area contributed by atoms with Crippen LogP contribution in [-0.4, -0.2) is 26.2 Å². The Bertz CT molecular complexity index is 1390. The van der Waals surface area contributed by atoms with Gasteiger partial charge in [0, 0.05) is 29.2 Å². The van der Waals surface area contributed by atoms with Crippen molar-refractivity contribution in [3.63, 3.8) is 0 Å². The van der Waals surface area contributed by atoms with Crippen molar-refractivity contribution in [2.75, 3.05) is 12.4 Å². The highest BCUT2D eigenvalue weighted by Crippen LogP contribution is 2.27. The maximum Gasteiger partial charge on any atom is 0.143 e. The summed E-state index contributed by atoms with van der Waals surface area (Å²) in [5, 5.41) is 3.45. The first-order valence-electron chi connectivity index (χ1n) is 10.6. The molecule has 6 heteroatoms. The average molecular weight is 424 g/mol. The number of para-hydroxylation sites is 2. The SMILES string of the molecule is COc1ccc(Nc2cc(-n3c(C)ccc3C)cc(-n3c(C)nc4ccccc43)n2)cc1. The molecule has 0 saturated carbocycles. The summed E-state index contributed by atoms with van der Waals surface area (Å²) in [6, 6.07) is 24.4. The van der Waals surface area contributed by atoms with Crippen LogP contribution in [0.4, 0.5) is 11.5 Å². The lowest BCUT2D eigenvalue weighted by Gasteiger charge is -2.16. The summed E-state index contributed by atoms with van der Waals surface area (Å²) in [4.78, 5) is 9.69. The summed E-state index contributed by atoms with van der Waals surface area (Å²) in [5.41, 5.74) is 6.31. The number of rotatable bonds is 5. The summed E-state index contributed by atoms with van der Waals surface area (Å²) in [6.07, 6.45) is 0. The van der Waals surface area contributed by atoms with E-state index in [0.717, 1.165) is 45.6 Å². The highest BCUT2D eigenvalue weighted by molar-refractivity contribution is 5.78. The van der Waals surface area contributed by atoms with Crippen molar-refractivity contribution in [3.8, 4) is 17.3 Å². The number of fused-ring (bicyclic) bond motifs is 1. The van der Waals surface area contributed by atoms with Crippen molar-refractivity contribution < 1.29 is 4.74 Å². The molecule has 0 atom stereocenters. The van der Waals surface area contributed by atoms with Crippen molar-refractivity contribution in [3.05, 3.63) is 90.0 Å². The molecular weight excluding hydrogens is 398 g/mol. The first-order chi connectivity index (χ1) is 15.5. The lowest BCUT2D eigenvalue weighted by atomic mass is 10.2. The fourth-order valence-corrected chi connectivity index (χ4v) is 4.14. The number of methoxy groups -OCH3 is 1. The van der Waals surface area contributed by atoms with Crippen LogP contribution in [-0.2, 0) is 0 Å². The van der Waals surface area contributed by atoms with E-state index >= 15 is 0 Å². The maximum atomic E-state index is 5.28. The van der Waals surface area contributed by atoms with E-state index in [4.69, 9.17) is 14.7 Å². The zero-order chi connectivity index (χ0) is 22.2. The fraction of sp³-hybridized carbons (Fsp3) is 0.154. The van der Waals surface area contributed by atoms with Gasteiger partial charge in [0.25, 0.3) is 0 Å². The van der Waals surface area contributed by atoms with Crippen LogP contribution in [0.3, 0.4) is 0 Å². The Labute approximate surface area is 187 Å². The molecule has 5 rings (SSSR count). The van der Waals surface area contributed by atoms with Gasteiger partial charge in [0.05, 0.1) is 23.8 Å². The van der Waals surface area contributed by atoms with Crippen LogP contribution < -0.4 is 10.1 Å². The molecule has 0 radical (unpaired) electrons. The monoisotopic (exact) mass is 423 g/mol. The number of pyridine rings is 1. The summed E-state index contributed by atoms with van der Waals surface area (Å²) < 4.78 is 9.62. The minimum Gasteiger partial charge on any atom is -0.497 e. The van der Waals surface area contributed by atoms with Crippen molar-refractivity contribution in [2.45, 2.75) is 20.8 Å². The van der Waals surface area contributed by atoms with Crippen molar-refractivity contribution in [1.29, 1.82) is 0 Å². The van der Waals surface area contributed by atoms with E-state index in [1.807, 2.05) is 49.4 Å². The van der Waals surface area contributed by atoms with Crippen molar-refractivity contribution in [2.24, 2.45) is 0 Å². The van der Waals surface area contributed by atoms with Gasteiger partial charge in [-0.3, -0.25) is 4.57 Å². The molecule has 0 aliphatic rings. The molecule has 2 aromatic carbocycles. The van der Waals surface area contributed by atoms with Gasteiger partial charge in [0.1, 0.15) is 23.2 Å². The Hall–Kier alpha value is -4.06. The topological polar surface area (TPSA) is 56.9 Å². The molecule has 1 N–H and O–H groups in total. The third-order valence-electron chi connectivity index (χ3n) is 5.65. The summed E-state index contributed by atoms with van der Waals surface area (Å²) in [6.45, 7) is 6.24. The van der Waals surface area contributed by atoms with Gasteiger partial charge in [0.2, 0.25) is 0 Å². The van der Waals surface area contributed by atoms with Gasteiger partial charge in [-0.1, -0.05) is 12.1 Å². The van der Waals surface area contributed by atoms with Crippen molar-refractivity contribution in [1.82, 2.24) is 19.1 Å². The van der Waals surface area contributed by atoms with Gasteiger partial charge in [-0.2, -0.15) is 0 Å². The third-order valence-corrected chi connectivity index (χ3v) is 5.65. The smallest absolute Gasteiger partial charge is 0.143 e. The quantitative estimate of drug-likeness (QED) is 0.383. The van der Waals surface area contributed by atoms with Gasteiger partial charge >= 0.3 is 0 Å². The molecule has 0 unspecified atom stereocenters. The van der Waals surface area contributed by atoms with Crippen molar-refractivity contribution >= 4 is 22.5 Å². The van der Waals surface area contributed by atoms with Gasteiger partial charge < -0.3 is 14.6 Å². The Balaban J connectivity index is 1.68. The maximum absolute atomic E-state index is 5.28.